The monoisotopic (exact) mass is 846 g/mol. The summed E-state index contributed by atoms with van der Waals surface area (Å²) in [6.45, 7) is 18.9. The van der Waals surface area contributed by atoms with Crippen molar-refractivity contribution in [3.63, 3.8) is 0 Å². The number of rotatable bonds is 9. The Morgan fingerprint density at radius 2 is 1.48 bits per heavy atom. The highest BCUT2D eigenvalue weighted by Gasteiger charge is 2.73. The molecule has 6 aliphatic rings. The van der Waals surface area contributed by atoms with E-state index in [0.29, 0.717) is 43.3 Å². The van der Waals surface area contributed by atoms with Gasteiger partial charge in [0.05, 0.1) is 24.2 Å². The molecule has 6 rings (SSSR count). The minimum Gasteiger partial charge on any atom is -0.479 e. The van der Waals surface area contributed by atoms with Crippen LogP contribution in [-0.4, -0.2) is 122 Å². The molecular weight excluding hydrogens is 776 g/mol. The molecule has 0 bridgehead atoms. The first-order valence-electron chi connectivity index (χ1n) is 21.8. The number of aliphatic hydroxyl groups excluding tert-OH is 6. The number of aliphatic hydroxyl groups is 6. The van der Waals surface area contributed by atoms with Gasteiger partial charge in [0.15, 0.2) is 12.4 Å². The van der Waals surface area contributed by atoms with Gasteiger partial charge in [0, 0.05) is 22.0 Å². The van der Waals surface area contributed by atoms with Crippen LogP contribution in [0.15, 0.2) is 34.9 Å². The molecule has 1 aliphatic heterocycles. The molecule has 338 valence electrons. The van der Waals surface area contributed by atoms with Gasteiger partial charge in [0.1, 0.15) is 37.1 Å². The summed E-state index contributed by atoms with van der Waals surface area (Å²) in [6, 6.07) is 0. The number of hydrogen-bond donors (Lipinski definition) is 7. The molecule has 1 heterocycles. The van der Waals surface area contributed by atoms with E-state index in [9.17, 15) is 50.1 Å². The lowest BCUT2D eigenvalue weighted by Crippen LogP contribution is -2.72. The van der Waals surface area contributed by atoms with Gasteiger partial charge in [0.25, 0.3) is 0 Å². The number of aliphatic carboxylic acids is 1. The number of carbonyl (C=O) groups is 3. The average Bonchev–Trinajstić information content (AvgIpc) is 3.19. The molecule has 0 aromatic carbocycles. The van der Waals surface area contributed by atoms with Crippen molar-refractivity contribution in [2.24, 2.45) is 50.2 Å². The highest BCUT2D eigenvalue weighted by Crippen LogP contribution is 2.76. The molecule has 0 aromatic heterocycles. The molecule has 14 nitrogen and oxygen atoms in total. The molecule has 7 N–H and O–H groups in total. The maximum Gasteiger partial charge on any atom is 0.335 e. The minimum atomic E-state index is -1.85. The maximum atomic E-state index is 13.3. The number of hydrogen-bond acceptors (Lipinski definition) is 13. The van der Waals surface area contributed by atoms with Crippen molar-refractivity contribution < 1.29 is 69.1 Å². The SMILES string of the molecule is C/C=C(\C)C(=O)OC[C@@]12[C@H](CC(C)(C)[C@@H](OC(=O)/C(C)=C/C)[C@@H]1O)C1=CC[C@@H]3[C@@]4(C)CC[C@@H](O[C@H]5O[C@@H](C(=O)O)[C@H](O)[C@H](O)[C@H]5O)[C@](C)(CO)[C@@H]4CC[C@@]3(C)[C@]1(C)C[C@@H]2O. The third-order valence-electron chi connectivity index (χ3n) is 17.5. The van der Waals surface area contributed by atoms with Gasteiger partial charge in [-0.2, -0.15) is 0 Å². The normalized spacial score (nSPS) is 47.7. The highest BCUT2D eigenvalue weighted by molar-refractivity contribution is 5.88. The number of carbonyl (C=O) groups excluding carboxylic acids is 2. The molecule has 0 spiro atoms. The third-order valence-corrected chi connectivity index (χ3v) is 17.5. The van der Waals surface area contributed by atoms with Gasteiger partial charge in [-0.15, -0.1) is 0 Å². The number of ether oxygens (including phenoxy) is 4. The van der Waals surface area contributed by atoms with Crippen LogP contribution < -0.4 is 0 Å². The van der Waals surface area contributed by atoms with Gasteiger partial charge < -0.3 is 54.7 Å². The number of esters is 2. The van der Waals surface area contributed by atoms with Crippen LogP contribution in [0.5, 0.6) is 0 Å². The second-order valence-corrected chi connectivity index (χ2v) is 20.7. The zero-order valence-electron chi connectivity index (χ0n) is 37.0. The van der Waals surface area contributed by atoms with Gasteiger partial charge in [0.2, 0.25) is 0 Å². The van der Waals surface area contributed by atoms with Crippen molar-refractivity contribution in [1.29, 1.82) is 0 Å². The van der Waals surface area contributed by atoms with E-state index in [2.05, 4.69) is 26.8 Å². The Balaban J connectivity index is 1.37. The van der Waals surface area contributed by atoms with Crippen LogP contribution in [-0.2, 0) is 33.3 Å². The second kappa shape index (κ2) is 16.1. The smallest absolute Gasteiger partial charge is 0.335 e. The largest absolute Gasteiger partial charge is 0.479 e. The Bertz CT molecular complexity index is 1790. The Morgan fingerprint density at radius 3 is 2.08 bits per heavy atom. The Morgan fingerprint density at radius 1 is 0.850 bits per heavy atom. The van der Waals surface area contributed by atoms with Crippen LogP contribution in [0.1, 0.15) is 114 Å². The van der Waals surface area contributed by atoms with E-state index in [1.54, 1.807) is 39.8 Å². The molecular formula is C46H70O14. The molecule has 60 heavy (non-hydrogen) atoms. The standard InChI is InChI=1S/C46H70O14/c1-11-23(3)38(55)57-22-46-26(19-41(5,6)36(35(46)52)60-39(56)24(4)12-2)25-13-14-28-42(7)17-16-30(58-40-33(51)31(49)32(50)34(59-40)37(53)54)43(8,21-47)27(42)15-18-44(28,9)45(25,10)20-29(46)48/h11-13,26-36,40,47-52H,14-22H2,1-10H3,(H,53,54)/b23-11+,24-12+/t26-,27-,28-,29+,30-,31+,32-,33-,34-,35+,36+,40+,42+,43-,44-,45-,46+/m1/s1. The van der Waals surface area contributed by atoms with Gasteiger partial charge in [-0.05, 0) is 107 Å². The summed E-state index contributed by atoms with van der Waals surface area (Å²) in [5.74, 6) is -3.07. The Hall–Kier alpha value is -2.69. The summed E-state index contributed by atoms with van der Waals surface area (Å²) in [4.78, 5) is 38.3. The first kappa shape index (κ1) is 46.8. The van der Waals surface area contributed by atoms with E-state index in [4.69, 9.17) is 18.9 Å². The van der Waals surface area contributed by atoms with Gasteiger partial charge in [-0.25, -0.2) is 14.4 Å². The molecule has 0 amide bonds. The van der Waals surface area contributed by atoms with Crippen molar-refractivity contribution in [2.75, 3.05) is 13.2 Å². The van der Waals surface area contributed by atoms with Crippen LogP contribution in [0, 0.1) is 50.2 Å². The topological polar surface area (TPSA) is 230 Å². The van der Waals surface area contributed by atoms with Crippen LogP contribution in [0.4, 0.5) is 0 Å². The molecule has 14 heteroatoms. The van der Waals surface area contributed by atoms with Crippen LogP contribution in [0.25, 0.3) is 0 Å². The van der Waals surface area contributed by atoms with Gasteiger partial charge in [-0.3, -0.25) is 0 Å². The molecule has 17 atom stereocenters. The maximum absolute atomic E-state index is 13.3. The van der Waals surface area contributed by atoms with Gasteiger partial charge in [-0.1, -0.05) is 65.3 Å². The first-order chi connectivity index (χ1) is 27.9. The van der Waals surface area contributed by atoms with Crippen LogP contribution in [0.2, 0.25) is 0 Å². The van der Waals surface area contributed by atoms with E-state index in [0.717, 1.165) is 12.0 Å². The van der Waals surface area contributed by atoms with E-state index < -0.39 is 101 Å². The number of fused-ring (bicyclic) bond motifs is 7. The van der Waals surface area contributed by atoms with E-state index in [-0.39, 0.29) is 42.3 Å². The van der Waals surface area contributed by atoms with E-state index in [1.807, 2.05) is 20.8 Å². The lowest BCUT2D eigenvalue weighted by molar-refractivity contribution is -0.328. The van der Waals surface area contributed by atoms with Crippen molar-refractivity contribution in [2.45, 2.75) is 169 Å². The predicted octanol–water partition coefficient (Wildman–Crippen LogP) is 3.98. The third kappa shape index (κ3) is 6.85. The Kier molecular flexibility index (Phi) is 12.6. The van der Waals surface area contributed by atoms with Crippen LogP contribution in [0.3, 0.4) is 0 Å². The Labute approximate surface area is 354 Å². The molecule has 5 fully saturated rings. The quantitative estimate of drug-likeness (QED) is 0.0754. The summed E-state index contributed by atoms with van der Waals surface area (Å²) in [5.41, 5.74) is -2.41. The fourth-order valence-corrected chi connectivity index (χ4v) is 13.4. The van der Waals surface area contributed by atoms with E-state index in [1.165, 1.54) is 0 Å². The van der Waals surface area contributed by atoms with Crippen molar-refractivity contribution in [1.82, 2.24) is 0 Å². The van der Waals surface area contributed by atoms with E-state index >= 15 is 0 Å². The lowest BCUT2D eigenvalue weighted by Gasteiger charge is -2.72. The summed E-state index contributed by atoms with van der Waals surface area (Å²) < 4.78 is 23.9. The summed E-state index contributed by atoms with van der Waals surface area (Å²) >= 11 is 0. The van der Waals surface area contributed by atoms with Crippen molar-refractivity contribution in [3.05, 3.63) is 34.9 Å². The minimum absolute atomic E-state index is 0.0723. The highest BCUT2D eigenvalue weighted by atomic mass is 16.7. The fourth-order valence-electron chi connectivity index (χ4n) is 13.4. The number of allylic oxidation sites excluding steroid dienone is 4. The number of carboxylic acid groups (broad SMARTS) is 1. The lowest BCUT2D eigenvalue weighted by atomic mass is 9.33. The first-order valence-corrected chi connectivity index (χ1v) is 21.8. The average molecular weight is 847 g/mol. The zero-order chi connectivity index (χ0) is 44.7. The molecule has 1 saturated heterocycles. The summed E-state index contributed by atoms with van der Waals surface area (Å²) in [6.07, 6.45) is -3.49. The predicted molar refractivity (Wildman–Crippen MR) is 218 cm³/mol. The molecule has 0 radical (unpaired) electrons. The van der Waals surface area contributed by atoms with Crippen molar-refractivity contribution >= 4 is 17.9 Å². The molecule has 0 aromatic rings. The number of carboxylic acids is 1. The fraction of sp³-hybridized carbons (Fsp3) is 0.804. The van der Waals surface area contributed by atoms with Gasteiger partial charge >= 0.3 is 17.9 Å². The second-order valence-electron chi connectivity index (χ2n) is 20.7. The molecule has 0 unspecified atom stereocenters. The molecule has 4 saturated carbocycles. The van der Waals surface area contributed by atoms with Crippen LogP contribution >= 0.6 is 0 Å². The summed E-state index contributed by atoms with van der Waals surface area (Å²) in [5, 5.41) is 77.8. The van der Waals surface area contributed by atoms with Crippen molar-refractivity contribution in [3.8, 4) is 0 Å². The molecule has 5 aliphatic carbocycles. The zero-order valence-corrected chi connectivity index (χ0v) is 37.0. The summed E-state index contributed by atoms with van der Waals surface area (Å²) in [7, 11) is 0.